The van der Waals surface area contributed by atoms with E-state index in [0.717, 1.165) is 0 Å². The van der Waals surface area contributed by atoms with E-state index in [1.165, 1.54) is 0 Å². The van der Waals surface area contributed by atoms with Crippen molar-refractivity contribution in [3.8, 4) is 0 Å². The lowest BCUT2D eigenvalue weighted by atomic mass is 10.2. The Balaban J connectivity index is 4.36. The van der Waals surface area contributed by atoms with E-state index in [4.69, 9.17) is 11.6 Å². The van der Waals surface area contributed by atoms with Crippen molar-refractivity contribution in [3.05, 3.63) is 0 Å². The molecule has 1 atom stereocenters. The predicted molar refractivity (Wildman–Crippen MR) is 41.9 cm³/mol. The van der Waals surface area contributed by atoms with Gasteiger partial charge in [0.1, 0.15) is 6.04 Å². The van der Waals surface area contributed by atoms with Crippen LogP contribution in [0, 0.1) is 0 Å². The molecule has 4 heteroatoms. The largest absolute Gasteiger partial charge is 0.544 e. The Morgan fingerprint density at radius 3 is 2.18 bits per heavy atom. The molecule has 0 saturated heterocycles. The monoisotopic (exact) mass is 179 g/mol. The fourth-order valence-electron chi connectivity index (χ4n) is 1.03. The number of halogens is 1. The SMILES string of the molecule is CCC(C(=O)[O-])[N+](C)(C)CCl. The van der Waals surface area contributed by atoms with Gasteiger partial charge in [0.15, 0.2) is 6.00 Å². The molecule has 0 rings (SSSR count). The summed E-state index contributed by atoms with van der Waals surface area (Å²) in [6.07, 6.45) is 0.544. The Morgan fingerprint density at radius 1 is 1.64 bits per heavy atom. The zero-order chi connectivity index (χ0) is 9.07. The fraction of sp³-hybridized carbons (Fsp3) is 0.857. The molecular formula is C7H14ClNO2. The van der Waals surface area contributed by atoms with E-state index in [-0.39, 0.29) is 10.5 Å². The molecule has 0 N–H and O–H groups in total. The molecule has 0 amide bonds. The lowest BCUT2D eigenvalue weighted by molar-refractivity contribution is -0.898. The summed E-state index contributed by atoms with van der Waals surface area (Å²) in [7, 11) is 3.55. The van der Waals surface area contributed by atoms with Gasteiger partial charge in [0, 0.05) is 6.42 Å². The van der Waals surface area contributed by atoms with Crippen LogP contribution in [0.2, 0.25) is 0 Å². The van der Waals surface area contributed by atoms with Crippen molar-refractivity contribution in [2.24, 2.45) is 0 Å². The molecule has 0 aromatic rings. The topological polar surface area (TPSA) is 40.1 Å². The fourth-order valence-corrected chi connectivity index (χ4v) is 1.20. The third-order valence-corrected chi connectivity index (χ3v) is 2.43. The van der Waals surface area contributed by atoms with Crippen LogP contribution in [0.5, 0.6) is 0 Å². The highest BCUT2D eigenvalue weighted by Gasteiger charge is 2.26. The molecule has 0 radical (unpaired) electrons. The Labute approximate surface area is 72.2 Å². The van der Waals surface area contributed by atoms with Gasteiger partial charge in [0.25, 0.3) is 0 Å². The van der Waals surface area contributed by atoms with Gasteiger partial charge in [-0.25, -0.2) is 0 Å². The van der Waals surface area contributed by atoms with E-state index in [9.17, 15) is 9.90 Å². The summed E-state index contributed by atoms with van der Waals surface area (Å²) in [4.78, 5) is 10.6. The van der Waals surface area contributed by atoms with Crippen LogP contribution in [0.15, 0.2) is 0 Å². The first-order chi connectivity index (χ1) is 4.95. The Morgan fingerprint density at radius 2 is 2.09 bits per heavy atom. The first kappa shape index (κ1) is 10.7. The van der Waals surface area contributed by atoms with Crippen LogP contribution in [0.3, 0.4) is 0 Å². The Bertz CT molecular complexity index is 147. The molecule has 0 aliphatic carbocycles. The van der Waals surface area contributed by atoms with Crippen LogP contribution >= 0.6 is 11.6 Å². The van der Waals surface area contributed by atoms with Crippen LogP contribution in [0.1, 0.15) is 13.3 Å². The zero-order valence-corrected chi connectivity index (χ0v) is 7.89. The molecule has 0 spiro atoms. The highest BCUT2D eigenvalue weighted by molar-refractivity contribution is 6.17. The number of nitrogens with zero attached hydrogens (tertiary/aromatic N) is 1. The van der Waals surface area contributed by atoms with E-state index in [0.29, 0.717) is 6.42 Å². The number of carboxylic acid groups (broad SMARTS) is 1. The summed E-state index contributed by atoms with van der Waals surface area (Å²) in [5.74, 6) is -1.03. The molecule has 0 bridgehead atoms. The number of carbonyl (C=O) groups excluding carboxylic acids is 1. The van der Waals surface area contributed by atoms with Crippen molar-refractivity contribution in [2.45, 2.75) is 19.4 Å². The number of hydrogen-bond acceptors (Lipinski definition) is 2. The van der Waals surface area contributed by atoms with Gasteiger partial charge in [0.05, 0.1) is 20.1 Å². The van der Waals surface area contributed by atoms with Gasteiger partial charge in [-0.15, -0.1) is 0 Å². The number of hydrogen-bond donors (Lipinski definition) is 0. The first-order valence-electron chi connectivity index (χ1n) is 3.55. The molecule has 0 aromatic heterocycles. The maximum atomic E-state index is 10.6. The highest BCUT2D eigenvalue weighted by Crippen LogP contribution is 2.10. The maximum absolute atomic E-state index is 10.6. The van der Waals surface area contributed by atoms with Crippen molar-refractivity contribution in [1.82, 2.24) is 0 Å². The Kier molecular flexibility index (Phi) is 3.83. The minimum absolute atomic E-state index is 0.264. The number of alkyl halides is 1. The number of carbonyl (C=O) groups is 1. The molecule has 0 aliphatic rings. The van der Waals surface area contributed by atoms with Crippen molar-refractivity contribution < 1.29 is 14.4 Å². The standard InChI is InChI=1S/C7H14ClNO2/c1-4-6(7(10)11)9(2,3)5-8/h6H,4-5H2,1-3H3. The van der Waals surface area contributed by atoms with E-state index in [2.05, 4.69) is 0 Å². The Hall–Kier alpha value is -0.280. The van der Waals surface area contributed by atoms with E-state index >= 15 is 0 Å². The molecule has 66 valence electrons. The van der Waals surface area contributed by atoms with Gasteiger partial charge in [0.2, 0.25) is 0 Å². The quantitative estimate of drug-likeness (QED) is 0.340. The molecular weight excluding hydrogens is 166 g/mol. The van der Waals surface area contributed by atoms with Crippen molar-refractivity contribution in [2.75, 3.05) is 20.1 Å². The van der Waals surface area contributed by atoms with Gasteiger partial charge in [-0.3, -0.25) is 0 Å². The second-order valence-corrected chi connectivity index (χ2v) is 3.38. The smallest absolute Gasteiger partial charge is 0.155 e. The van der Waals surface area contributed by atoms with E-state index in [1.54, 1.807) is 14.1 Å². The summed E-state index contributed by atoms with van der Waals surface area (Å²) in [5.41, 5.74) is 0. The summed E-state index contributed by atoms with van der Waals surface area (Å²) < 4.78 is 0.264. The van der Waals surface area contributed by atoms with Crippen LogP contribution < -0.4 is 5.11 Å². The number of aliphatic carboxylic acids is 1. The third kappa shape index (κ3) is 2.67. The first-order valence-corrected chi connectivity index (χ1v) is 4.08. The molecule has 1 unspecified atom stereocenters. The minimum atomic E-state index is -1.03. The van der Waals surface area contributed by atoms with Gasteiger partial charge in [-0.05, 0) is 0 Å². The minimum Gasteiger partial charge on any atom is -0.544 e. The lowest BCUT2D eigenvalue weighted by Crippen LogP contribution is -2.56. The average Bonchev–Trinajstić information content (AvgIpc) is 1.88. The lowest BCUT2D eigenvalue weighted by Gasteiger charge is -2.35. The zero-order valence-electron chi connectivity index (χ0n) is 7.13. The van der Waals surface area contributed by atoms with Crippen LogP contribution in [0.4, 0.5) is 0 Å². The van der Waals surface area contributed by atoms with E-state index < -0.39 is 12.0 Å². The second kappa shape index (κ2) is 3.93. The number of carboxylic acids is 1. The summed E-state index contributed by atoms with van der Waals surface area (Å²) in [6, 6.07) is -0.223. The molecule has 0 aliphatic heterocycles. The second-order valence-electron chi connectivity index (χ2n) is 3.14. The molecule has 3 nitrogen and oxygen atoms in total. The maximum Gasteiger partial charge on any atom is 0.155 e. The van der Waals surface area contributed by atoms with Gasteiger partial charge >= 0.3 is 0 Å². The van der Waals surface area contributed by atoms with Crippen molar-refractivity contribution in [1.29, 1.82) is 0 Å². The van der Waals surface area contributed by atoms with Crippen LogP contribution in [-0.2, 0) is 4.79 Å². The van der Waals surface area contributed by atoms with Crippen LogP contribution in [0.25, 0.3) is 0 Å². The summed E-state index contributed by atoms with van der Waals surface area (Å²) in [6.45, 7) is 1.81. The van der Waals surface area contributed by atoms with Gasteiger partial charge < -0.3 is 14.4 Å². The molecule has 11 heavy (non-hydrogen) atoms. The summed E-state index contributed by atoms with van der Waals surface area (Å²) >= 11 is 5.59. The van der Waals surface area contributed by atoms with Crippen LogP contribution in [-0.4, -0.2) is 36.6 Å². The van der Waals surface area contributed by atoms with Crippen molar-refractivity contribution >= 4 is 17.6 Å². The van der Waals surface area contributed by atoms with Gasteiger partial charge in [-0.2, -0.15) is 0 Å². The molecule has 0 heterocycles. The number of likely N-dealkylation sites (N-methyl/N-ethyl adjacent to an activating group) is 1. The molecule has 0 fully saturated rings. The number of quaternary nitrogens is 1. The third-order valence-electron chi connectivity index (χ3n) is 1.81. The average molecular weight is 180 g/mol. The van der Waals surface area contributed by atoms with Gasteiger partial charge in [-0.1, -0.05) is 18.5 Å². The highest BCUT2D eigenvalue weighted by atomic mass is 35.5. The van der Waals surface area contributed by atoms with Crippen molar-refractivity contribution in [3.63, 3.8) is 0 Å². The molecule has 0 saturated carbocycles. The number of rotatable bonds is 4. The predicted octanol–water partition coefficient (Wildman–Crippen LogP) is -0.212. The summed E-state index contributed by atoms with van der Waals surface area (Å²) in [5, 5.41) is 10.6. The van der Waals surface area contributed by atoms with E-state index in [1.807, 2.05) is 6.92 Å². The molecule has 0 aromatic carbocycles. The normalized spacial score (nSPS) is 14.5.